The number of nitro groups is 1. The fourth-order valence-electron chi connectivity index (χ4n) is 1.73. The SMILES string of the molecule is Cc1nc(N2CC(C(=O)O)C2)ccc1[N+](=O)[O-]. The number of aryl methyl sites for hydroxylation is 1. The molecule has 0 aliphatic carbocycles. The second-order valence-corrected chi connectivity index (χ2v) is 3.97. The van der Waals surface area contributed by atoms with Crippen LogP contribution in [0.2, 0.25) is 0 Å². The number of anilines is 1. The lowest BCUT2D eigenvalue weighted by Crippen LogP contribution is -2.50. The Kier molecular flexibility index (Phi) is 2.66. The maximum atomic E-state index is 10.6. The first-order chi connectivity index (χ1) is 7.99. The number of aromatic nitrogens is 1. The zero-order valence-electron chi connectivity index (χ0n) is 9.16. The Labute approximate surface area is 96.8 Å². The molecule has 17 heavy (non-hydrogen) atoms. The molecule has 7 heteroatoms. The van der Waals surface area contributed by atoms with Crippen molar-refractivity contribution in [3.63, 3.8) is 0 Å². The molecule has 1 aliphatic heterocycles. The Bertz CT molecular complexity index is 482. The van der Waals surface area contributed by atoms with Crippen molar-refractivity contribution in [2.75, 3.05) is 18.0 Å². The van der Waals surface area contributed by atoms with Gasteiger partial charge in [0.25, 0.3) is 5.69 Å². The van der Waals surface area contributed by atoms with Crippen molar-refractivity contribution in [3.8, 4) is 0 Å². The normalized spacial score (nSPS) is 15.5. The number of pyridine rings is 1. The fraction of sp³-hybridized carbons (Fsp3) is 0.400. The number of rotatable bonds is 3. The van der Waals surface area contributed by atoms with Gasteiger partial charge in [0.1, 0.15) is 11.5 Å². The van der Waals surface area contributed by atoms with Gasteiger partial charge in [-0.05, 0) is 13.0 Å². The molecule has 1 aromatic rings. The van der Waals surface area contributed by atoms with E-state index in [9.17, 15) is 14.9 Å². The summed E-state index contributed by atoms with van der Waals surface area (Å²) in [4.78, 5) is 26.6. The van der Waals surface area contributed by atoms with Crippen molar-refractivity contribution in [1.29, 1.82) is 0 Å². The van der Waals surface area contributed by atoms with Crippen molar-refractivity contribution in [2.45, 2.75) is 6.92 Å². The molecule has 0 unspecified atom stereocenters. The molecule has 1 N–H and O–H groups in total. The molecule has 0 spiro atoms. The molecule has 1 aromatic heterocycles. The van der Waals surface area contributed by atoms with Gasteiger partial charge in [-0.25, -0.2) is 4.98 Å². The van der Waals surface area contributed by atoms with E-state index in [4.69, 9.17) is 5.11 Å². The maximum Gasteiger partial charge on any atom is 0.310 e. The molecule has 90 valence electrons. The van der Waals surface area contributed by atoms with E-state index in [0.717, 1.165) is 0 Å². The molecule has 0 aromatic carbocycles. The molecule has 7 nitrogen and oxygen atoms in total. The van der Waals surface area contributed by atoms with E-state index >= 15 is 0 Å². The minimum absolute atomic E-state index is 0.0240. The molecule has 0 radical (unpaired) electrons. The van der Waals surface area contributed by atoms with E-state index in [2.05, 4.69) is 4.98 Å². The number of carboxylic acid groups (broad SMARTS) is 1. The van der Waals surface area contributed by atoms with E-state index in [1.54, 1.807) is 17.9 Å². The van der Waals surface area contributed by atoms with Gasteiger partial charge >= 0.3 is 5.97 Å². The number of nitrogens with zero attached hydrogens (tertiary/aromatic N) is 3. The monoisotopic (exact) mass is 237 g/mol. The Hall–Kier alpha value is -2.18. The first-order valence-electron chi connectivity index (χ1n) is 5.09. The third-order valence-electron chi connectivity index (χ3n) is 2.79. The Morgan fingerprint density at radius 3 is 2.71 bits per heavy atom. The molecule has 1 aliphatic rings. The molecule has 2 rings (SSSR count). The van der Waals surface area contributed by atoms with Crippen molar-refractivity contribution in [2.24, 2.45) is 5.92 Å². The van der Waals surface area contributed by atoms with Crippen LogP contribution in [0.15, 0.2) is 12.1 Å². The Balaban J connectivity index is 2.12. The lowest BCUT2D eigenvalue weighted by atomic mass is 10.0. The number of hydrogen-bond donors (Lipinski definition) is 1. The van der Waals surface area contributed by atoms with Gasteiger partial charge in [-0.15, -0.1) is 0 Å². The number of carboxylic acids is 1. The molecule has 0 atom stereocenters. The summed E-state index contributed by atoms with van der Waals surface area (Å²) in [5, 5.41) is 19.3. The van der Waals surface area contributed by atoms with Crippen molar-refractivity contribution in [1.82, 2.24) is 4.98 Å². The van der Waals surface area contributed by atoms with Gasteiger partial charge in [0, 0.05) is 19.2 Å². The largest absolute Gasteiger partial charge is 0.481 e. The standard InChI is InChI=1S/C10H11N3O4/c1-6-8(13(16)17)2-3-9(11-6)12-4-7(5-12)10(14)15/h2-3,7H,4-5H2,1H3,(H,14,15). The zero-order chi connectivity index (χ0) is 12.6. The van der Waals surface area contributed by atoms with Crippen molar-refractivity contribution in [3.05, 3.63) is 27.9 Å². The van der Waals surface area contributed by atoms with Crippen LogP contribution in [0.1, 0.15) is 5.69 Å². The molecule has 0 amide bonds. The lowest BCUT2D eigenvalue weighted by molar-refractivity contribution is -0.385. The van der Waals surface area contributed by atoms with Gasteiger partial charge in [-0.2, -0.15) is 0 Å². The second kappa shape index (κ2) is 4.00. The molecule has 1 saturated heterocycles. The smallest absolute Gasteiger partial charge is 0.310 e. The van der Waals surface area contributed by atoms with Crippen LogP contribution in [0.25, 0.3) is 0 Å². The van der Waals surface area contributed by atoms with Crippen molar-refractivity contribution < 1.29 is 14.8 Å². The van der Waals surface area contributed by atoms with E-state index in [1.165, 1.54) is 6.07 Å². The lowest BCUT2D eigenvalue weighted by Gasteiger charge is -2.37. The highest BCUT2D eigenvalue weighted by Crippen LogP contribution is 2.26. The summed E-state index contributed by atoms with van der Waals surface area (Å²) < 4.78 is 0. The topological polar surface area (TPSA) is 96.6 Å². The van der Waals surface area contributed by atoms with Gasteiger partial charge in [0.15, 0.2) is 0 Å². The summed E-state index contributed by atoms with van der Waals surface area (Å²) in [6.45, 7) is 2.37. The van der Waals surface area contributed by atoms with E-state index in [1.807, 2.05) is 0 Å². The highest BCUT2D eigenvalue weighted by atomic mass is 16.6. The van der Waals surface area contributed by atoms with Crippen molar-refractivity contribution >= 4 is 17.5 Å². The average Bonchev–Trinajstić information content (AvgIpc) is 2.13. The summed E-state index contributed by atoms with van der Waals surface area (Å²) in [5.41, 5.74) is 0.315. The van der Waals surface area contributed by atoms with Crippen LogP contribution in [0, 0.1) is 23.0 Å². The maximum absolute atomic E-state index is 10.6. The summed E-state index contributed by atoms with van der Waals surface area (Å²) in [6, 6.07) is 2.94. The third kappa shape index (κ3) is 2.03. The van der Waals surface area contributed by atoms with Crippen LogP contribution < -0.4 is 4.90 Å². The predicted octanol–water partition coefficient (Wildman–Crippen LogP) is 0.819. The number of carbonyl (C=O) groups is 1. The highest BCUT2D eigenvalue weighted by Gasteiger charge is 2.33. The zero-order valence-corrected chi connectivity index (χ0v) is 9.16. The van der Waals surface area contributed by atoms with Crippen LogP contribution in [-0.2, 0) is 4.79 Å². The van der Waals surface area contributed by atoms with E-state index in [0.29, 0.717) is 24.6 Å². The summed E-state index contributed by atoms with van der Waals surface area (Å²) in [5.74, 6) is -0.599. The highest BCUT2D eigenvalue weighted by molar-refractivity contribution is 5.74. The minimum atomic E-state index is -0.820. The van der Waals surface area contributed by atoms with Crippen LogP contribution in [0.5, 0.6) is 0 Å². The first kappa shape index (κ1) is 11.3. The van der Waals surface area contributed by atoms with Crippen LogP contribution >= 0.6 is 0 Å². The molecule has 1 fully saturated rings. The van der Waals surface area contributed by atoms with Crippen LogP contribution in [0.4, 0.5) is 11.5 Å². The molecular formula is C10H11N3O4. The van der Waals surface area contributed by atoms with E-state index < -0.39 is 10.9 Å². The Morgan fingerprint density at radius 2 is 2.24 bits per heavy atom. The summed E-state index contributed by atoms with van der Waals surface area (Å²) in [6.07, 6.45) is 0. The van der Waals surface area contributed by atoms with Gasteiger partial charge in [-0.1, -0.05) is 0 Å². The number of hydrogen-bond acceptors (Lipinski definition) is 5. The summed E-state index contributed by atoms with van der Waals surface area (Å²) in [7, 11) is 0. The molecule has 2 heterocycles. The molecular weight excluding hydrogens is 226 g/mol. The van der Waals surface area contributed by atoms with Crippen LogP contribution in [-0.4, -0.2) is 34.1 Å². The summed E-state index contributed by atoms with van der Waals surface area (Å²) >= 11 is 0. The van der Waals surface area contributed by atoms with Crippen LogP contribution in [0.3, 0.4) is 0 Å². The second-order valence-electron chi connectivity index (χ2n) is 3.97. The predicted molar refractivity (Wildman–Crippen MR) is 59.0 cm³/mol. The van der Waals surface area contributed by atoms with Gasteiger partial charge in [0.05, 0.1) is 10.8 Å². The quantitative estimate of drug-likeness (QED) is 0.617. The fourth-order valence-corrected chi connectivity index (χ4v) is 1.73. The first-order valence-corrected chi connectivity index (χ1v) is 5.09. The van der Waals surface area contributed by atoms with Gasteiger partial charge in [0.2, 0.25) is 0 Å². The Morgan fingerprint density at radius 1 is 1.59 bits per heavy atom. The van der Waals surface area contributed by atoms with Gasteiger partial charge in [-0.3, -0.25) is 14.9 Å². The molecule has 0 bridgehead atoms. The third-order valence-corrected chi connectivity index (χ3v) is 2.79. The van der Waals surface area contributed by atoms with E-state index in [-0.39, 0.29) is 11.6 Å². The average molecular weight is 237 g/mol. The minimum Gasteiger partial charge on any atom is -0.481 e. The van der Waals surface area contributed by atoms with Gasteiger partial charge < -0.3 is 10.0 Å². The molecule has 0 saturated carbocycles. The number of aliphatic carboxylic acids is 1.